The second kappa shape index (κ2) is 7.39. The first-order chi connectivity index (χ1) is 8.88. The van der Waals surface area contributed by atoms with Gasteiger partial charge < -0.3 is 14.8 Å². The van der Waals surface area contributed by atoms with Crippen LogP contribution in [0.5, 0.6) is 5.75 Å². The largest absolute Gasteiger partial charge is 0.493 e. The molecule has 3 heteroatoms. The Hall–Kier alpha value is -1.06. The van der Waals surface area contributed by atoms with E-state index in [2.05, 4.69) is 23.5 Å². The first kappa shape index (κ1) is 13.4. The van der Waals surface area contributed by atoms with Crippen molar-refractivity contribution in [2.24, 2.45) is 0 Å². The Morgan fingerprint density at radius 3 is 2.94 bits per heavy atom. The molecule has 3 nitrogen and oxygen atoms in total. The van der Waals surface area contributed by atoms with Gasteiger partial charge in [-0.05, 0) is 37.5 Å². The van der Waals surface area contributed by atoms with Crippen LogP contribution >= 0.6 is 0 Å². The third-order valence-corrected chi connectivity index (χ3v) is 2.98. The normalized spacial score (nSPS) is 14.7. The molecule has 0 atom stereocenters. The van der Waals surface area contributed by atoms with Crippen LogP contribution in [0.3, 0.4) is 0 Å². The molecule has 0 amide bonds. The van der Waals surface area contributed by atoms with Crippen LogP contribution in [0.4, 0.5) is 0 Å². The summed E-state index contributed by atoms with van der Waals surface area (Å²) in [7, 11) is 0. The molecule has 100 valence electrons. The van der Waals surface area contributed by atoms with Gasteiger partial charge in [0.05, 0.1) is 6.61 Å². The van der Waals surface area contributed by atoms with Gasteiger partial charge in [0.1, 0.15) is 5.75 Å². The van der Waals surface area contributed by atoms with Gasteiger partial charge in [-0.1, -0.05) is 12.1 Å². The zero-order chi connectivity index (χ0) is 12.6. The lowest BCUT2D eigenvalue weighted by molar-refractivity contribution is 0.131. The van der Waals surface area contributed by atoms with Crippen molar-refractivity contribution < 1.29 is 9.47 Å². The number of ether oxygens (including phenoxy) is 2. The minimum atomic E-state index is 0.722. The molecule has 0 aromatic heterocycles. The van der Waals surface area contributed by atoms with E-state index in [1.165, 1.54) is 18.4 Å². The van der Waals surface area contributed by atoms with Crippen LogP contribution in [0.2, 0.25) is 0 Å². The van der Waals surface area contributed by atoms with Gasteiger partial charge in [0.15, 0.2) is 0 Å². The van der Waals surface area contributed by atoms with Gasteiger partial charge >= 0.3 is 0 Å². The summed E-state index contributed by atoms with van der Waals surface area (Å²) < 4.78 is 11.0. The summed E-state index contributed by atoms with van der Waals surface area (Å²) in [5.41, 5.74) is 1.30. The molecular formula is C15H23NO2. The highest BCUT2D eigenvalue weighted by molar-refractivity contribution is 5.28. The molecular weight excluding hydrogens is 226 g/mol. The van der Waals surface area contributed by atoms with Gasteiger partial charge in [0.2, 0.25) is 0 Å². The number of rotatable bonds is 9. The predicted molar refractivity (Wildman–Crippen MR) is 72.9 cm³/mol. The second-order valence-electron chi connectivity index (χ2n) is 4.70. The molecule has 0 spiro atoms. The molecule has 1 aliphatic carbocycles. The Bertz CT molecular complexity index is 350. The van der Waals surface area contributed by atoms with Crippen LogP contribution in [-0.4, -0.2) is 25.9 Å². The fourth-order valence-corrected chi connectivity index (χ4v) is 1.79. The molecule has 1 aromatic rings. The second-order valence-corrected chi connectivity index (χ2v) is 4.70. The first-order valence-corrected chi connectivity index (χ1v) is 6.91. The van der Waals surface area contributed by atoms with Crippen LogP contribution in [0, 0.1) is 0 Å². The maximum Gasteiger partial charge on any atom is 0.119 e. The molecule has 0 heterocycles. The summed E-state index contributed by atoms with van der Waals surface area (Å²) in [5, 5.41) is 3.51. The summed E-state index contributed by atoms with van der Waals surface area (Å²) in [5.74, 6) is 0.960. The van der Waals surface area contributed by atoms with Crippen molar-refractivity contribution in [3.8, 4) is 5.75 Å². The van der Waals surface area contributed by atoms with Crippen molar-refractivity contribution in [1.82, 2.24) is 5.32 Å². The lowest BCUT2D eigenvalue weighted by atomic mass is 10.2. The number of benzene rings is 1. The predicted octanol–water partition coefficient (Wildman–Crippen LogP) is 2.74. The molecule has 0 bridgehead atoms. The molecule has 1 aliphatic rings. The van der Waals surface area contributed by atoms with E-state index in [4.69, 9.17) is 9.47 Å². The molecule has 0 saturated heterocycles. The fourth-order valence-electron chi connectivity index (χ4n) is 1.79. The van der Waals surface area contributed by atoms with E-state index in [-0.39, 0.29) is 0 Å². The van der Waals surface area contributed by atoms with E-state index in [0.29, 0.717) is 0 Å². The van der Waals surface area contributed by atoms with Crippen molar-refractivity contribution in [3.63, 3.8) is 0 Å². The van der Waals surface area contributed by atoms with Gasteiger partial charge in [-0.15, -0.1) is 0 Å². The van der Waals surface area contributed by atoms with E-state index < -0.39 is 0 Å². The van der Waals surface area contributed by atoms with Crippen LogP contribution in [0.25, 0.3) is 0 Å². The maximum absolute atomic E-state index is 5.71. The van der Waals surface area contributed by atoms with E-state index in [0.717, 1.165) is 44.6 Å². The minimum absolute atomic E-state index is 0.722. The van der Waals surface area contributed by atoms with Crippen LogP contribution in [0.15, 0.2) is 24.3 Å². The maximum atomic E-state index is 5.71. The van der Waals surface area contributed by atoms with Crippen molar-refractivity contribution in [3.05, 3.63) is 29.8 Å². The SMILES string of the molecule is CCOCCCOc1cccc(CNC2CC2)c1. The Morgan fingerprint density at radius 1 is 1.28 bits per heavy atom. The molecule has 1 saturated carbocycles. The lowest BCUT2D eigenvalue weighted by Gasteiger charge is -2.08. The molecule has 2 rings (SSSR count). The van der Waals surface area contributed by atoms with Crippen molar-refractivity contribution in [2.45, 2.75) is 38.8 Å². The smallest absolute Gasteiger partial charge is 0.119 e. The standard InChI is InChI=1S/C15H23NO2/c1-2-17-9-4-10-18-15-6-3-5-13(11-15)12-16-14-7-8-14/h3,5-6,11,14,16H,2,4,7-10,12H2,1H3. The number of hydrogen-bond acceptors (Lipinski definition) is 3. The summed E-state index contributed by atoms with van der Waals surface area (Å²) in [6.45, 7) is 5.24. The molecule has 0 radical (unpaired) electrons. The highest BCUT2D eigenvalue weighted by Gasteiger charge is 2.19. The Balaban J connectivity index is 1.68. The highest BCUT2D eigenvalue weighted by Crippen LogP contribution is 2.20. The van der Waals surface area contributed by atoms with Gasteiger partial charge in [0.25, 0.3) is 0 Å². The number of nitrogens with one attached hydrogen (secondary N) is 1. The summed E-state index contributed by atoms with van der Waals surface area (Å²) >= 11 is 0. The highest BCUT2D eigenvalue weighted by atomic mass is 16.5. The zero-order valence-corrected chi connectivity index (χ0v) is 11.2. The molecule has 18 heavy (non-hydrogen) atoms. The number of hydrogen-bond donors (Lipinski definition) is 1. The monoisotopic (exact) mass is 249 g/mol. The van der Waals surface area contributed by atoms with Crippen LogP contribution < -0.4 is 10.1 Å². The average molecular weight is 249 g/mol. The van der Waals surface area contributed by atoms with Gasteiger partial charge in [-0.3, -0.25) is 0 Å². The van der Waals surface area contributed by atoms with E-state index in [9.17, 15) is 0 Å². The summed E-state index contributed by atoms with van der Waals surface area (Å²) in [6.07, 6.45) is 3.60. The minimum Gasteiger partial charge on any atom is -0.493 e. The Kier molecular flexibility index (Phi) is 5.49. The van der Waals surface area contributed by atoms with Gasteiger partial charge in [-0.25, -0.2) is 0 Å². The quantitative estimate of drug-likeness (QED) is 0.683. The van der Waals surface area contributed by atoms with Gasteiger partial charge in [0, 0.05) is 32.2 Å². The van der Waals surface area contributed by atoms with Crippen molar-refractivity contribution in [1.29, 1.82) is 0 Å². The molecule has 0 unspecified atom stereocenters. The third-order valence-electron chi connectivity index (χ3n) is 2.98. The Labute approximate surface area is 109 Å². The molecule has 0 aliphatic heterocycles. The van der Waals surface area contributed by atoms with Crippen molar-refractivity contribution >= 4 is 0 Å². The average Bonchev–Trinajstić information content (AvgIpc) is 3.21. The topological polar surface area (TPSA) is 30.5 Å². The zero-order valence-electron chi connectivity index (χ0n) is 11.2. The third kappa shape index (κ3) is 5.07. The van der Waals surface area contributed by atoms with E-state index in [1.54, 1.807) is 0 Å². The lowest BCUT2D eigenvalue weighted by Crippen LogP contribution is -2.15. The first-order valence-electron chi connectivity index (χ1n) is 6.91. The fraction of sp³-hybridized carbons (Fsp3) is 0.600. The van der Waals surface area contributed by atoms with Gasteiger partial charge in [-0.2, -0.15) is 0 Å². The summed E-state index contributed by atoms with van der Waals surface area (Å²) in [4.78, 5) is 0. The van der Waals surface area contributed by atoms with E-state index in [1.807, 2.05) is 13.0 Å². The summed E-state index contributed by atoms with van der Waals surface area (Å²) in [6, 6.07) is 9.09. The van der Waals surface area contributed by atoms with E-state index >= 15 is 0 Å². The molecule has 1 aromatic carbocycles. The Morgan fingerprint density at radius 2 is 2.17 bits per heavy atom. The van der Waals surface area contributed by atoms with Crippen LogP contribution in [-0.2, 0) is 11.3 Å². The molecule has 1 fully saturated rings. The molecule has 1 N–H and O–H groups in total. The van der Waals surface area contributed by atoms with Crippen LogP contribution in [0.1, 0.15) is 31.7 Å². The van der Waals surface area contributed by atoms with Crippen molar-refractivity contribution in [2.75, 3.05) is 19.8 Å².